The summed E-state index contributed by atoms with van der Waals surface area (Å²) >= 11 is 0. The van der Waals surface area contributed by atoms with Crippen LogP contribution >= 0.6 is 0 Å². The quantitative estimate of drug-likeness (QED) is 0.762. The average molecular weight is 267 g/mol. The van der Waals surface area contributed by atoms with Crippen molar-refractivity contribution in [2.45, 2.75) is 19.9 Å². The molecule has 0 aliphatic rings. The molecule has 0 aliphatic carbocycles. The SMILES string of the molecule is CCn1ccc2ccc(Cc3cnc(N)nc3N)cc21. The first-order chi connectivity index (χ1) is 9.67. The Morgan fingerprint density at radius 2 is 2.05 bits per heavy atom. The highest BCUT2D eigenvalue weighted by molar-refractivity contribution is 5.81. The number of rotatable bonds is 3. The molecule has 5 nitrogen and oxygen atoms in total. The molecular weight excluding hydrogens is 250 g/mol. The Balaban J connectivity index is 1.97. The van der Waals surface area contributed by atoms with Crippen LogP contribution in [0.4, 0.5) is 11.8 Å². The number of nitrogens with two attached hydrogens (primary N) is 2. The predicted octanol–water partition coefficient (Wildman–Crippen LogP) is 2.21. The standard InChI is InChI=1S/C15H17N5/c1-2-20-6-5-11-4-3-10(8-13(11)20)7-12-9-18-15(17)19-14(12)16/h3-6,8-9H,2,7H2,1H3,(H4,16,17,18,19). The number of nitrogen functional groups attached to an aromatic ring is 2. The first-order valence-corrected chi connectivity index (χ1v) is 6.62. The van der Waals surface area contributed by atoms with Gasteiger partial charge in [0.2, 0.25) is 5.95 Å². The zero-order chi connectivity index (χ0) is 14.1. The van der Waals surface area contributed by atoms with E-state index in [9.17, 15) is 0 Å². The molecule has 2 aromatic heterocycles. The van der Waals surface area contributed by atoms with E-state index in [0.29, 0.717) is 12.2 Å². The maximum absolute atomic E-state index is 5.88. The molecule has 3 aromatic rings. The highest BCUT2D eigenvalue weighted by Gasteiger charge is 2.06. The van der Waals surface area contributed by atoms with Crippen molar-refractivity contribution < 1.29 is 0 Å². The number of aryl methyl sites for hydroxylation is 1. The summed E-state index contributed by atoms with van der Waals surface area (Å²) in [6, 6.07) is 8.56. The van der Waals surface area contributed by atoms with E-state index < -0.39 is 0 Å². The maximum Gasteiger partial charge on any atom is 0.221 e. The summed E-state index contributed by atoms with van der Waals surface area (Å²) < 4.78 is 2.22. The van der Waals surface area contributed by atoms with Gasteiger partial charge in [0.15, 0.2) is 0 Å². The second-order valence-corrected chi connectivity index (χ2v) is 4.81. The monoisotopic (exact) mass is 267 g/mol. The maximum atomic E-state index is 5.88. The third kappa shape index (κ3) is 2.18. The van der Waals surface area contributed by atoms with Crippen LogP contribution in [0, 0.1) is 0 Å². The second kappa shape index (κ2) is 4.85. The highest BCUT2D eigenvalue weighted by atomic mass is 15.0. The summed E-state index contributed by atoms with van der Waals surface area (Å²) in [5.41, 5.74) is 14.7. The van der Waals surface area contributed by atoms with Gasteiger partial charge in [-0.15, -0.1) is 0 Å². The molecule has 0 fully saturated rings. The molecular formula is C15H17N5. The van der Waals surface area contributed by atoms with E-state index in [1.807, 2.05) is 0 Å². The first kappa shape index (κ1) is 12.5. The van der Waals surface area contributed by atoms with Crippen molar-refractivity contribution >= 4 is 22.7 Å². The Kier molecular flexibility index (Phi) is 3.02. The van der Waals surface area contributed by atoms with Crippen molar-refractivity contribution in [2.75, 3.05) is 11.5 Å². The van der Waals surface area contributed by atoms with Crippen LogP contribution in [0.2, 0.25) is 0 Å². The van der Waals surface area contributed by atoms with Gasteiger partial charge in [0.25, 0.3) is 0 Å². The first-order valence-electron chi connectivity index (χ1n) is 6.62. The van der Waals surface area contributed by atoms with Crippen molar-refractivity contribution in [3.63, 3.8) is 0 Å². The van der Waals surface area contributed by atoms with E-state index in [1.54, 1.807) is 6.20 Å². The largest absolute Gasteiger partial charge is 0.383 e. The van der Waals surface area contributed by atoms with Gasteiger partial charge in [-0.25, -0.2) is 4.98 Å². The third-order valence-corrected chi connectivity index (χ3v) is 3.49. The lowest BCUT2D eigenvalue weighted by atomic mass is 10.1. The third-order valence-electron chi connectivity index (χ3n) is 3.49. The number of fused-ring (bicyclic) bond motifs is 1. The number of hydrogen-bond donors (Lipinski definition) is 2. The molecule has 0 saturated carbocycles. The van der Waals surface area contributed by atoms with E-state index in [2.05, 4.69) is 51.9 Å². The van der Waals surface area contributed by atoms with Crippen LogP contribution in [-0.2, 0) is 13.0 Å². The molecule has 0 amide bonds. The molecule has 0 atom stereocenters. The predicted molar refractivity (Wildman–Crippen MR) is 81.3 cm³/mol. The van der Waals surface area contributed by atoms with Crippen molar-refractivity contribution in [1.29, 1.82) is 0 Å². The molecule has 20 heavy (non-hydrogen) atoms. The van der Waals surface area contributed by atoms with Crippen LogP contribution in [0.1, 0.15) is 18.1 Å². The molecule has 0 bridgehead atoms. The minimum atomic E-state index is 0.210. The number of aromatic nitrogens is 3. The Labute approximate surface area is 117 Å². The van der Waals surface area contributed by atoms with E-state index in [0.717, 1.165) is 12.1 Å². The van der Waals surface area contributed by atoms with E-state index in [-0.39, 0.29) is 5.95 Å². The fourth-order valence-corrected chi connectivity index (χ4v) is 2.41. The zero-order valence-corrected chi connectivity index (χ0v) is 11.4. The second-order valence-electron chi connectivity index (χ2n) is 4.81. The Bertz CT molecular complexity index is 760. The fraction of sp³-hybridized carbons (Fsp3) is 0.200. The lowest BCUT2D eigenvalue weighted by Gasteiger charge is -2.07. The molecule has 4 N–H and O–H groups in total. The smallest absolute Gasteiger partial charge is 0.221 e. The van der Waals surface area contributed by atoms with Gasteiger partial charge >= 0.3 is 0 Å². The normalized spacial score (nSPS) is 11.1. The molecule has 2 heterocycles. The van der Waals surface area contributed by atoms with Crippen LogP contribution < -0.4 is 11.5 Å². The van der Waals surface area contributed by atoms with Gasteiger partial charge in [-0.2, -0.15) is 4.98 Å². The van der Waals surface area contributed by atoms with Crippen molar-refractivity contribution in [3.8, 4) is 0 Å². The van der Waals surface area contributed by atoms with Gasteiger partial charge in [0, 0.05) is 36.4 Å². The lowest BCUT2D eigenvalue weighted by Crippen LogP contribution is -2.04. The molecule has 1 aromatic carbocycles. The Morgan fingerprint density at radius 1 is 1.20 bits per heavy atom. The van der Waals surface area contributed by atoms with Crippen LogP contribution in [0.5, 0.6) is 0 Å². The molecule has 102 valence electrons. The molecule has 3 rings (SSSR count). The van der Waals surface area contributed by atoms with Gasteiger partial charge < -0.3 is 16.0 Å². The summed E-state index contributed by atoms with van der Waals surface area (Å²) in [5.74, 6) is 0.657. The summed E-state index contributed by atoms with van der Waals surface area (Å²) in [4.78, 5) is 8.00. The molecule has 0 saturated heterocycles. The summed E-state index contributed by atoms with van der Waals surface area (Å²) in [7, 11) is 0. The molecule has 0 spiro atoms. The number of hydrogen-bond acceptors (Lipinski definition) is 4. The molecule has 0 unspecified atom stereocenters. The average Bonchev–Trinajstić information content (AvgIpc) is 2.84. The van der Waals surface area contributed by atoms with Crippen molar-refractivity contribution in [1.82, 2.24) is 14.5 Å². The van der Waals surface area contributed by atoms with E-state index in [1.165, 1.54) is 16.5 Å². The van der Waals surface area contributed by atoms with Crippen LogP contribution in [0.15, 0.2) is 36.7 Å². The van der Waals surface area contributed by atoms with E-state index >= 15 is 0 Å². The summed E-state index contributed by atoms with van der Waals surface area (Å²) in [6.07, 6.45) is 4.51. The minimum absolute atomic E-state index is 0.210. The number of benzene rings is 1. The summed E-state index contributed by atoms with van der Waals surface area (Å²) in [6.45, 7) is 3.10. The Morgan fingerprint density at radius 3 is 2.80 bits per heavy atom. The molecule has 0 aliphatic heterocycles. The van der Waals surface area contributed by atoms with Crippen molar-refractivity contribution in [2.24, 2.45) is 0 Å². The van der Waals surface area contributed by atoms with Gasteiger partial charge in [-0.1, -0.05) is 12.1 Å². The number of anilines is 2. The lowest BCUT2D eigenvalue weighted by molar-refractivity contribution is 0.797. The van der Waals surface area contributed by atoms with Crippen LogP contribution in [0.3, 0.4) is 0 Å². The van der Waals surface area contributed by atoms with E-state index in [4.69, 9.17) is 11.5 Å². The fourth-order valence-electron chi connectivity index (χ4n) is 2.41. The minimum Gasteiger partial charge on any atom is -0.383 e. The Hall–Kier alpha value is -2.56. The van der Waals surface area contributed by atoms with Gasteiger partial charge in [-0.05, 0) is 30.0 Å². The zero-order valence-electron chi connectivity index (χ0n) is 11.4. The van der Waals surface area contributed by atoms with Gasteiger partial charge in [0.05, 0.1) is 0 Å². The topological polar surface area (TPSA) is 82.8 Å². The van der Waals surface area contributed by atoms with Crippen LogP contribution in [-0.4, -0.2) is 14.5 Å². The van der Waals surface area contributed by atoms with Crippen LogP contribution in [0.25, 0.3) is 10.9 Å². The molecule has 5 heteroatoms. The van der Waals surface area contributed by atoms with Gasteiger partial charge in [0.1, 0.15) is 5.82 Å². The number of nitrogens with zero attached hydrogens (tertiary/aromatic N) is 3. The summed E-state index contributed by atoms with van der Waals surface area (Å²) in [5, 5.41) is 1.25. The highest BCUT2D eigenvalue weighted by Crippen LogP contribution is 2.21. The molecule has 0 radical (unpaired) electrons. The van der Waals surface area contributed by atoms with Crippen molar-refractivity contribution in [3.05, 3.63) is 47.8 Å². The van der Waals surface area contributed by atoms with Gasteiger partial charge in [-0.3, -0.25) is 0 Å².